The summed E-state index contributed by atoms with van der Waals surface area (Å²) in [6, 6.07) is 34.6. The van der Waals surface area contributed by atoms with Crippen molar-refractivity contribution in [1.29, 1.82) is 0 Å². The summed E-state index contributed by atoms with van der Waals surface area (Å²) in [4.78, 5) is 15.0. The molecular formula is C39H45N3O5. The van der Waals surface area contributed by atoms with Gasteiger partial charge in [0.15, 0.2) is 6.29 Å². The molecule has 0 saturated carbocycles. The molecule has 47 heavy (non-hydrogen) atoms. The van der Waals surface area contributed by atoms with Gasteiger partial charge < -0.3 is 30.0 Å². The first-order valence-electron chi connectivity index (χ1n) is 16.6. The molecule has 0 unspecified atom stereocenters. The van der Waals surface area contributed by atoms with Gasteiger partial charge in [-0.15, -0.1) is 0 Å². The number of hydrogen-bond acceptors (Lipinski definition) is 6. The van der Waals surface area contributed by atoms with Crippen LogP contribution in [0.25, 0.3) is 11.1 Å². The third-order valence-electron chi connectivity index (χ3n) is 9.16. The molecule has 2 amide bonds. The van der Waals surface area contributed by atoms with Gasteiger partial charge in [-0.1, -0.05) is 103 Å². The van der Waals surface area contributed by atoms with Gasteiger partial charge in [0.05, 0.1) is 25.4 Å². The Morgan fingerprint density at radius 1 is 0.851 bits per heavy atom. The van der Waals surface area contributed by atoms with Gasteiger partial charge >= 0.3 is 6.03 Å². The molecule has 8 nitrogen and oxygen atoms in total. The Morgan fingerprint density at radius 3 is 2.34 bits per heavy atom. The van der Waals surface area contributed by atoms with E-state index in [1.165, 1.54) is 6.42 Å². The molecule has 4 aromatic carbocycles. The second kappa shape index (κ2) is 16.2. The Bertz CT molecular complexity index is 1560. The molecule has 0 spiro atoms. The van der Waals surface area contributed by atoms with E-state index in [1.807, 2.05) is 60.7 Å². The van der Waals surface area contributed by atoms with Crippen LogP contribution in [0.1, 0.15) is 59.5 Å². The number of amides is 2. The van der Waals surface area contributed by atoms with Gasteiger partial charge in [-0.05, 0) is 52.8 Å². The number of urea groups is 1. The Balaban J connectivity index is 1.15. The van der Waals surface area contributed by atoms with Crippen molar-refractivity contribution in [2.75, 3.05) is 26.8 Å². The van der Waals surface area contributed by atoms with E-state index >= 15 is 0 Å². The lowest BCUT2D eigenvalue weighted by Gasteiger charge is -2.38. The number of ether oxygens (including phenoxy) is 3. The lowest BCUT2D eigenvalue weighted by atomic mass is 9.97. The van der Waals surface area contributed by atoms with Crippen molar-refractivity contribution in [2.24, 2.45) is 0 Å². The summed E-state index contributed by atoms with van der Waals surface area (Å²) in [5.74, 6) is 0. The van der Waals surface area contributed by atoms with E-state index in [2.05, 4.69) is 58.0 Å². The molecule has 2 fully saturated rings. The lowest BCUT2D eigenvalue weighted by molar-refractivity contribution is -0.253. The zero-order valence-electron chi connectivity index (χ0n) is 27.0. The smallest absolute Gasteiger partial charge is 0.315 e. The summed E-state index contributed by atoms with van der Waals surface area (Å²) < 4.78 is 18.8. The number of hydrogen-bond donors (Lipinski definition) is 3. The Kier molecular flexibility index (Phi) is 11.3. The first-order valence-corrected chi connectivity index (χ1v) is 16.6. The van der Waals surface area contributed by atoms with Gasteiger partial charge in [0.2, 0.25) is 0 Å². The number of rotatable bonds is 12. The van der Waals surface area contributed by atoms with Gasteiger partial charge in [-0.3, -0.25) is 4.90 Å². The number of likely N-dealkylation sites (tertiary alicyclic amines) is 1. The van der Waals surface area contributed by atoms with Gasteiger partial charge in [-0.25, -0.2) is 4.79 Å². The fraction of sp³-hybridized carbons (Fsp3) is 0.359. The van der Waals surface area contributed by atoms with Crippen LogP contribution in [0.5, 0.6) is 0 Å². The fourth-order valence-electron chi connectivity index (χ4n) is 6.60. The highest BCUT2D eigenvalue weighted by Crippen LogP contribution is 2.39. The van der Waals surface area contributed by atoms with Crippen molar-refractivity contribution < 1.29 is 24.1 Å². The Morgan fingerprint density at radius 2 is 1.57 bits per heavy atom. The second-order valence-electron chi connectivity index (χ2n) is 12.4. The number of carbonyl (C=O) groups is 1. The van der Waals surface area contributed by atoms with Crippen LogP contribution in [0.15, 0.2) is 103 Å². The summed E-state index contributed by atoms with van der Waals surface area (Å²) in [6.07, 6.45) is 2.41. The summed E-state index contributed by atoms with van der Waals surface area (Å²) in [6.45, 7) is 3.51. The van der Waals surface area contributed by atoms with Crippen LogP contribution in [0, 0.1) is 0 Å². The van der Waals surface area contributed by atoms with E-state index in [0.29, 0.717) is 19.1 Å². The molecule has 8 heteroatoms. The number of aliphatic hydroxyl groups is 1. The Labute approximate surface area is 277 Å². The van der Waals surface area contributed by atoms with Crippen LogP contribution >= 0.6 is 0 Å². The maximum atomic E-state index is 12.5. The maximum Gasteiger partial charge on any atom is 0.315 e. The van der Waals surface area contributed by atoms with E-state index in [9.17, 15) is 9.90 Å². The van der Waals surface area contributed by atoms with Crippen LogP contribution in [-0.4, -0.2) is 55.0 Å². The topological polar surface area (TPSA) is 92.3 Å². The number of nitrogens with zero attached hydrogens (tertiary/aromatic N) is 1. The highest BCUT2D eigenvalue weighted by atomic mass is 16.7. The number of carbonyl (C=O) groups excluding carboxylic acids is 1. The van der Waals surface area contributed by atoms with Gasteiger partial charge in [0.25, 0.3) is 0 Å². The van der Waals surface area contributed by atoms with E-state index < -0.39 is 6.29 Å². The summed E-state index contributed by atoms with van der Waals surface area (Å²) >= 11 is 0. The van der Waals surface area contributed by atoms with Gasteiger partial charge in [0, 0.05) is 44.8 Å². The quantitative estimate of drug-likeness (QED) is 0.165. The van der Waals surface area contributed by atoms with E-state index in [0.717, 1.165) is 71.5 Å². The minimum Gasteiger partial charge on any atom is -0.392 e. The molecule has 2 saturated heterocycles. The van der Waals surface area contributed by atoms with Crippen LogP contribution in [0.3, 0.4) is 0 Å². The molecule has 0 bridgehead atoms. The summed E-state index contributed by atoms with van der Waals surface area (Å²) in [5, 5.41) is 15.5. The fourth-order valence-corrected chi connectivity index (χ4v) is 6.60. The van der Waals surface area contributed by atoms with E-state index in [1.54, 1.807) is 7.11 Å². The first kappa shape index (κ1) is 32.9. The van der Waals surface area contributed by atoms with Crippen LogP contribution < -0.4 is 10.6 Å². The molecule has 0 aromatic heterocycles. The largest absolute Gasteiger partial charge is 0.392 e. The molecule has 6 rings (SSSR count). The molecular weight excluding hydrogens is 590 g/mol. The lowest BCUT2D eigenvalue weighted by Crippen LogP contribution is -2.42. The van der Waals surface area contributed by atoms with Crippen LogP contribution in [0.4, 0.5) is 4.79 Å². The first-order chi connectivity index (χ1) is 23.1. The molecule has 3 N–H and O–H groups in total. The molecule has 4 aromatic rings. The van der Waals surface area contributed by atoms with Gasteiger partial charge in [0.1, 0.15) is 0 Å². The average molecular weight is 636 g/mol. The van der Waals surface area contributed by atoms with E-state index in [-0.39, 0.29) is 24.8 Å². The van der Waals surface area contributed by atoms with Crippen molar-refractivity contribution in [3.63, 3.8) is 0 Å². The third kappa shape index (κ3) is 8.66. The molecule has 0 aliphatic carbocycles. The average Bonchev–Trinajstić information content (AvgIpc) is 3.56. The SMILES string of the molecule is COC[C@@H]1CCCN1C[C@H]1C[C@@H](c2ccc(CO)cc2)O[C@@H](c2ccc(-c3ccccc3CNC(=O)NCc3ccccc3)cc2)O1. The highest BCUT2D eigenvalue weighted by Gasteiger charge is 2.35. The van der Waals surface area contributed by atoms with E-state index in [4.69, 9.17) is 14.2 Å². The van der Waals surface area contributed by atoms with Gasteiger partial charge in [-0.2, -0.15) is 0 Å². The minimum atomic E-state index is -0.515. The van der Waals surface area contributed by atoms with Crippen molar-refractivity contribution in [3.8, 4) is 11.1 Å². The summed E-state index contributed by atoms with van der Waals surface area (Å²) in [5.41, 5.74) is 7.12. The van der Waals surface area contributed by atoms with Crippen molar-refractivity contribution in [1.82, 2.24) is 15.5 Å². The molecule has 0 radical (unpaired) electrons. The maximum absolute atomic E-state index is 12.5. The number of aliphatic hydroxyl groups excluding tert-OH is 1. The number of nitrogens with one attached hydrogen (secondary N) is 2. The predicted octanol–water partition coefficient (Wildman–Crippen LogP) is 6.50. The summed E-state index contributed by atoms with van der Waals surface area (Å²) in [7, 11) is 1.77. The minimum absolute atomic E-state index is 0.00626. The molecule has 246 valence electrons. The second-order valence-corrected chi connectivity index (χ2v) is 12.4. The van der Waals surface area contributed by atoms with Crippen molar-refractivity contribution >= 4 is 6.03 Å². The van der Waals surface area contributed by atoms with Crippen molar-refractivity contribution in [2.45, 2.75) is 63.5 Å². The van der Waals surface area contributed by atoms with Crippen molar-refractivity contribution in [3.05, 3.63) is 131 Å². The number of benzene rings is 4. The molecule has 4 atom stereocenters. The number of methoxy groups -OCH3 is 1. The van der Waals surface area contributed by atoms with Crippen LogP contribution in [-0.2, 0) is 33.9 Å². The third-order valence-corrected chi connectivity index (χ3v) is 9.16. The monoisotopic (exact) mass is 635 g/mol. The highest BCUT2D eigenvalue weighted by molar-refractivity contribution is 5.75. The zero-order chi connectivity index (χ0) is 32.4. The molecule has 2 aliphatic rings. The molecule has 2 aliphatic heterocycles. The Hall–Kier alpha value is -4.05. The standard InChI is InChI=1S/C39H45N3O5/c1-45-27-34-11-7-21-42(34)25-35-22-37(31-15-13-29(26-43)14-16-31)47-38(46-35)32-19-17-30(18-20-32)36-12-6-5-10-33(36)24-41-39(44)40-23-28-8-3-2-4-9-28/h2-6,8-10,12-20,34-35,37-38,43H,7,11,21-27H2,1H3,(H2,40,41,44)/t34-,35+,37-,38-/m0/s1. The normalized spacial score (nSPS) is 21.4. The van der Waals surface area contributed by atoms with Crippen LogP contribution in [0.2, 0.25) is 0 Å². The molecule has 2 heterocycles. The predicted molar refractivity (Wildman–Crippen MR) is 182 cm³/mol. The zero-order valence-corrected chi connectivity index (χ0v) is 27.0.